The molecule has 0 N–H and O–H groups in total. The van der Waals surface area contributed by atoms with Crippen LogP contribution in [0.5, 0.6) is 5.75 Å². The average Bonchev–Trinajstić information content (AvgIpc) is 2.51. The Morgan fingerprint density at radius 3 is 2.48 bits per heavy atom. The van der Waals surface area contributed by atoms with Gasteiger partial charge in [0.05, 0.1) is 12.2 Å². The molecule has 4 nitrogen and oxygen atoms in total. The number of carbonyl (C=O) groups is 1. The van der Waals surface area contributed by atoms with Gasteiger partial charge in [-0.1, -0.05) is 6.07 Å². The first-order valence-electron chi connectivity index (χ1n) is 6.86. The largest absolute Gasteiger partial charge is 0.573 e. The zero-order chi connectivity index (χ0) is 16.7. The van der Waals surface area contributed by atoms with Gasteiger partial charge in [-0.15, -0.1) is 13.2 Å². The highest BCUT2D eigenvalue weighted by Gasteiger charge is 2.31. The van der Waals surface area contributed by atoms with Gasteiger partial charge in [0.2, 0.25) is 0 Å². The first-order valence-corrected chi connectivity index (χ1v) is 6.86. The summed E-state index contributed by atoms with van der Waals surface area (Å²) in [4.78, 5) is 15.7. The van der Waals surface area contributed by atoms with Gasteiger partial charge in [-0.05, 0) is 48.7 Å². The third-order valence-corrected chi connectivity index (χ3v) is 2.89. The molecule has 7 heteroatoms. The van der Waals surface area contributed by atoms with E-state index in [2.05, 4.69) is 9.72 Å². The Balaban J connectivity index is 1.77. The SMILES string of the molecule is O=C(OCCCc1cccnc1)c1ccc(OC(F)(F)F)cc1. The van der Waals surface area contributed by atoms with Gasteiger partial charge in [0, 0.05) is 12.4 Å². The van der Waals surface area contributed by atoms with E-state index in [4.69, 9.17) is 4.74 Å². The monoisotopic (exact) mass is 325 g/mol. The number of pyridine rings is 1. The molecule has 0 spiro atoms. The molecule has 0 unspecified atom stereocenters. The van der Waals surface area contributed by atoms with Gasteiger partial charge < -0.3 is 9.47 Å². The van der Waals surface area contributed by atoms with Crippen LogP contribution >= 0.6 is 0 Å². The zero-order valence-corrected chi connectivity index (χ0v) is 12.0. The normalized spacial score (nSPS) is 11.1. The Bertz CT molecular complexity index is 627. The fraction of sp³-hybridized carbons (Fsp3) is 0.250. The summed E-state index contributed by atoms with van der Waals surface area (Å²) in [6.45, 7) is 0.217. The molecule has 122 valence electrons. The van der Waals surface area contributed by atoms with Gasteiger partial charge >= 0.3 is 12.3 Å². The van der Waals surface area contributed by atoms with Gasteiger partial charge in [-0.3, -0.25) is 4.98 Å². The van der Waals surface area contributed by atoms with E-state index in [1.807, 2.05) is 12.1 Å². The molecule has 1 aromatic heterocycles. The second-order valence-electron chi connectivity index (χ2n) is 4.67. The van der Waals surface area contributed by atoms with Crippen LogP contribution in [0.1, 0.15) is 22.3 Å². The molecular weight excluding hydrogens is 311 g/mol. The summed E-state index contributed by atoms with van der Waals surface area (Å²) in [6.07, 6.45) is 0.0113. The van der Waals surface area contributed by atoms with Crippen LogP contribution in [-0.2, 0) is 11.2 Å². The van der Waals surface area contributed by atoms with Crippen LogP contribution in [0.25, 0.3) is 0 Å². The summed E-state index contributed by atoms with van der Waals surface area (Å²) in [5.74, 6) is -0.972. The molecule has 0 fully saturated rings. The highest BCUT2D eigenvalue weighted by molar-refractivity contribution is 5.89. The van der Waals surface area contributed by atoms with Gasteiger partial charge in [-0.2, -0.15) is 0 Å². The average molecular weight is 325 g/mol. The lowest BCUT2D eigenvalue weighted by Crippen LogP contribution is -2.17. The fourth-order valence-corrected chi connectivity index (χ4v) is 1.86. The Morgan fingerprint density at radius 1 is 1.13 bits per heavy atom. The van der Waals surface area contributed by atoms with Gasteiger partial charge in [0.15, 0.2) is 0 Å². The lowest BCUT2D eigenvalue weighted by atomic mass is 10.2. The van der Waals surface area contributed by atoms with Gasteiger partial charge in [0.25, 0.3) is 0 Å². The second-order valence-corrected chi connectivity index (χ2v) is 4.67. The maximum Gasteiger partial charge on any atom is 0.573 e. The van der Waals surface area contributed by atoms with Crippen molar-refractivity contribution in [2.45, 2.75) is 19.2 Å². The number of halogens is 3. The molecule has 0 bridgehead atoms. The predicted octanol–water partition coefficient (Wildman–Crippen LogP) is 3.77. The molecule has 0 atom stereocenters. The van der Waals surface area contributed by atoms with Crippen LogP contribution in [0.4, 0.5) is 13.2 Å². The minimum Gasteiger partial charge on any atom is -0.462 e. The third-order valence-electron chi connectivity index (χ3n) is 2.89. The van der Waals surface area contributed by atoms with Crippen LogP contribution in [0, 0.1) is 0 Å². The molecule has 0 amide bonds. The lowest BCUT2D eigenvalue weighted by Gasteiger charge is -2.09. The number of nitrogens with zero attached hydrogens (tertiary/aromatic N) is 1. The van der Waals surface area contributed by atoms with Gasteiger partial charge in [-0.25, -0.2) is 4.79 Å². The van der Waals surface area contributed by atoms with E-state index in [-0.39, 0.29) is 17.9 Å². The first kappa shape index (κ1) is 16.8. The molecule has 1 heterocycles. The van der Waals surface area contributed by atoms with Crippen molar-refractivity contribution in [3.8, 4) is 5.75 Å². The number of carbonyl (C=O) groups excluding carboxylic acids is 1. The zero-order valence-electron chi connectivity index (χ0n) is 12.0. The molecule has 1 aromatic carbocycles. The van der Waals surface area contributed by atoms with Crippen LogP contribution in [-0.4, -0.2) is 23.9 Å². The maximum atomic E-state index is 12.0. The van der Waals surface area contributed by atoms with Crippen molar-refractivity contribution < 1.29 is 27.4 Å². The quantitative estimate of drug-likeness (QED) is 0.599. The van der Waals surface area contributed by atoms with Crippen LogP contribution in [0.2, 0.25) is 0 Å². The van der Waals surface area contributed by atoms with Crippen molar-refractivity contribution in [3.63, 3.8) is 0 Å². The van der Waals surface area contributed by atoms with E-state index in [1.165, 1.54) is 12.1 Å². The smallest absolute Gasteiger partial charge is 0.462 e. The van der Waals surface area contributed by atoms with Crippen molar-refractivity contribution >= 4 is 5.97 Å². The summed E-state index contributed by atoms with van der Waals surface area (Å²) in [5.41, 5.74) is 1.21. The second kappa shape index (κ2) is 7.62. The fourth-order valence-electron chi connectivity index (χ4n) is 1.86. The summed E-state index contributed by atoms with van der Waals surface area (Å²) in [7, 11) is 0. The van der Waals surface area contributed by atoms with E-state index in [0.29, 0.717) is 6.42 Å². The van der Waals surface area contributed by atoms with E-state index < -0.39 is 12.3 Å². The molecular formula is C16H14F3NO3. The van der Waals surface area contributed by atoms with Crippen molar-refractivity contribution in [1.82, 2.24) is 4.98 Å². The predicted molar refractivity (Wildman–Crippen MR) is 76.0 cm³/mol. The number of esters is 1. The Kier molecular flexibility index (Phi) is 5.56. The molecule has 23 heavy (non-hydrogen) atoms. The molecule has 0 radical (unpaired) electrons. The van der Waals surface area contributed by atoms with E-state index in [9.17, 15) is 18.0 Å². The Hall–Kier alpha value is -2.57. The molecule has 0 aliphatic carbocycles. The number of aryl methyl sites for hydroxylation is 1. The van der Waals surface area contributed by atoms with Crippen molar-refractivity contribution in [2.24, 2.45) is 0 Å². The summed E-state index contributed by atoms with van der Waals surface area (Å²) in [6, 6.07) is 8.34. The maximum absolute atomic E-state index is 12.0. The summed E-state index contributed by atoms with van der Waals surface area (Å²) >= 11 is 0. The van der Waals surface area contributed by atoms with Crippen molar-refractivity contribution in [1.29, 1.82) is 0 Å². The molecule has 2 rings (SSSR count). The minimum absolute atomic E-state index is 0.168. The third kappa shape index (κ3) is 5.98. The molecule has 0 saturated carbocycles. The van der Waals surface area contributed by atoms with Crippen LogP contribution in [0.3, 0.4) is 0 Å². The number of hydrogen-bond donors (Lipinski definition) is 0. The summed E-state index contributed by atoms with van der Waals surface area (Å²) in [5, 5.41) is 0. The topological polar surface area (TPSA) is 48.4 Å². The Morgan fingerprint density at radius 2 is 1.87 bits per heavy atom. The molecule has 2 aromatic rings. The van der Waals surface area contributed by atoms with E-state index in [1.54, 1.807) is 12.4 Å². The van der Waals surface area contributed by atoms with E-state index in [0.717, 1.165) is 24.1 Å². The highest BCUT2D eigenvalue weighted by atomic mass is 19.4. The van der Waals surface area contributed by atoms with Crippen LogP contribution < -0.4 is 4.74 Å². The van der Waals surface area contributed by atoms with Crippen molar-refractivity contribution in [3.05, 3.63) is 59.9 Å². The van der Waals surface area contributed by atoms with E-state index >= 15 is 0 Å². The Labute approximate surface area is 130 Å². The highest BCUT2D eigenvalue weighted by Crippen LogP contribution is 2.22. The molecule has 0 aliphatic rings. The standard InChI is InChI=1S/C16H14F3NO3/c17-16(18,19)23-14-7-5-13(6-8-14)15(21)22-10-2-4-12-3-1-9-20-11-12/h1,3,5-9,11H,2,4,10H2. The molecule has 0 saturated heterocycles. The number of benzene rings is 1. The number of aromatic nitrogens is 1. The lowest BCUT2D eigenvalue weighted by molar-refractivity contribution is -0.274. The summed E-state index contributed by atoms with van der Waals surface area (Å²) < 4.78 is 44.9. The number of alkyl halides is 3. The minimum atomic E-state index is -4.76. The van der Waals surface area contributed by atoms with Crippen molar-refractivity contribution in [2.75, 3.05) is 6.61 Å². The molecule has 0 aliphatic heterocycles. The number of ether oxygens (including phenoxy) is 2. The number of rotatable bonds is 6. The number of hydrogen-bond acceptors (Lipinski definition) is 4. The van der Waals surface area contributed by atoms with Gasteiger partial charge in [0.1, 0.15) is 5.75 Å². The first-order chi connectivity index (χ1) is 10.9. The van der Waals surface area contributed by atoms with Crippen LogP contribution in [0.15, 0.2) is 48.8 Å².